The van der Waals surface area contributed by atoms with Crippen LogP contribution in [-0.4, -0.2) is 14.1 Å². The number of fused-ring (bicyclic) bond motifs is 3. The van der Waals surface area contributed by atoms with Gasteiger partial charge in [-0.15, -0.1) is 0 Å². The maximum atomic E-state index is 13.0. The van der Waals surface area contributed by atoms with Crippen molar-refractivity contribution in [2.45, 2.75) is 38.7 Å². The fourth-order valence-corrected chi connectivity index (χ4v) is 4.49. The summed E-state index contributed by atoms with van der Waals surface area (Å²) in [4.78, 5) is 16.7. The van der Waals surface area contributed by atoms with Gasteiger partial charge in [0, 0.05) is 30.4 Å². The van der Waals surface area contributed by atoms with E-state index in [9.17, 15) is 9.18 Å². The molecule has 0 fully saturated rings. The second-order valence-electron chi connectivity index (χ2n) is 8.07. The number of aryl methyl sites for hydroxylation is 2. The van der Waals surface area contributed by atoms with Gasteiger partial charge in [-0.1, -0.05) is 12.5 Å². The van der Waals surface area contributed by atoms with Crippen molar-refractivity contribution >= 4 is 10.9 Å². The van der Waals surface area contributed by atoms with Crippen LogP contribution in [0.25, 0.3) is 16.6 Å². The first-order valence-corrected chi connectivity index (χ1v) is 10.7. The summed E-state index contributed by atoms with van der Waals surface area (Å²) in [5, 5.41) is 1.29. The summed E-state index contributed by atoms with van der Waals surface area (Å²) in [6.45, 7) is 0.171. The molecule has 0 amide bonds. The quantitative estimate of drug-likeness (QED) is 0.452. The number of aromatic nitrogens is 3. The molecule has 1 aromatic carbocycles. The van der Waals surface area contributed by atoms with Gasteiger partial charge < -0.3 is 9.30 Å². The van der Waals surface area contributed by atoms with E-state index < -0.39 is 5.82 Å². The summed E-state index contributed by atoms with van der Waals surface area (Å²) in [6.07, 6.45) is 8.88. The van der Waals surface area contributed by atoms with Gasteiger partial charge in [0.15, 0.2) is 0 Å². The topological polar surface area (TPSA) is 49.0 Å². The Balaban J connectivity index is 1.42. The summed E-state index contributed by atoms with van der Waals surface area (Å²) in [7, 11) is 2.12. The summed E-state index contributed by atoms with van der Waals surface area (Å²) in [5.41, 5.74) is 5.32. The van der Waals surface area contributed by atoms with Crippen molar-refractivity contribution in [1.82, 2.24) is 14.1 Å². The SMILES string of the molecule is Cn1c2c(c3ccc(-n4ccc(OCc5ccc(F)cn5)cc4=O)cc31)CCCCC2. The minimum atomic E-state index is -0.391. The lowest BCUT2D eigenvalue weighted by molar-refractivity contribution is 0.300. The highest BCUT2D eigenvalue weighted by molar-refractivity contribution is 5.87. The van der Waals surface area contributed by atoms with Crippen LogP contribution in [0.2, 0.25) is 0 Å². The largest absolute Gasteiger partial charge is 0.487 e. The molecule has 0 radical (unpaired) electrons. The molecule has 158 valence electrons. The third-order valence-corrected chi connectivity index (χ3v) is 6.11. The molecular formula is C25H24FN3O2. The lowest BCUT2D eigenvalue weighted by atomic mass is 10.1. The van der Waals surface area contributed by atoms with E-state index >= 15 is 0 Å². The minimum absolute atomic E-state index is 0.167. The van der Waals surface area contributed by atoms with Crippen molar-refractivity contribution in [2.24, 2.45) is 7.05 Å². The van der Waals surface area contributed by atoms with Crippen molar-refractivity contribution in [3.8, 4) is 11.4 Å². The molecule has 0 bridgehead atoms. The number of halogens is 1. The molecule has 0 N–H and O–H groups in total. The second kappa shape index (κ2) is 8.02. The molecular weight excluding hydrogens is 393 g/mol. The summed E-state index contributed by atoms with van der Waals surface area (Å²) < 4.78 is 22.5. The molecule has 1 aliphatic rings. The van der Waals surface area contributed by atoms with E-state index in [2.05, 4.69) is 28.7 Å². The van der Waals surface area contributed by atoms with Crippen LogP contribution in [0.4, 0.5) is 4.39 Å². The Morgan fingerprint density at radius 1 is 1.06 bits per heavy atom. The molecule has 0 aliphatic heterocycles. The fraction of sp³-hybridized carbons (Fsp3) is 0.280. The standard InChI is InChI=1S/C25H24FN3O2/c1-28-23-6-4-2-3-5-21(23)22-10-9-19(13-24(22)28)29-12-11-20(14-25(29)30)31-16-18-8-7-17(26)15-27-18/h7-15H,2-6,16H2,1H3. The third-order valence-electron chi connectivity index (χ3n) is 6.11. The van der Waals surface area contributed by atoms with Crippen LogP contribution in [0.15, 0.2) is 59.7 Å². The van der Waals surface area contributed by atoms with Crippen LogP contribution in [0.3, 0.4) is 0 Å². The Labute approximate surface area is 179 Å². The van der Waals surface area contributed by atoms with Gasteiger partial charge in [0.05, 0.1) is 23.1 Å². The Kier molecular flexibility index (Phi) is 5.06. The van der Waals surface area contributed by atoms with Crippen LogP contribution in [0.1, 0.15) is 36.2 Å². The monoisotopic (exact) mass is 417 g/mol. The molecule has 1 aliphatic carbocycles. The van der Waals surface area contributed by atoms with Crippen molar-refractivity contribution in [3.63, 3.8) is 0 Å². The number of rotatable bonds is 4. The Morgan fingerprint density at radius 3 is 2.74 bits per heavy atom. The normalized spacial score (nSPS) is 13.7. The van der Waals surface area contributed by atoms with E-state index in [1.807, 2.05) is 6.07 Å². The Hall–Kier alpha value is -3.41. The minimum Gasteiger partial charge on any atom is -0.487 e. The van der Waals surface area contributed by atoms with Crippen molar-refractivity contribution in [2.75, 3.05) is 0 Å². The van der Waals surface area contributed by atoms with Gasteiger partial charge in [-0.05, 0) is 61.6 Å². The van der Waals surface area contributed by atoms with Gasteiger partial charge in [0.2, 0.25) is 0 Å². The fourth-order valence-electron chi connectivity index (χ4n) is 4.49. The molecule has 3 heterocycles. The average Bonchev–Trinajstić information content (AvgIpc) is 2.93. The lowest BCUT2D eigenvalue weighted by Gasteiger charge is -2.10. The molecule has 4 aromatic rings. The molecule has 0 spiro atoms. The molecule has 5 nitrogen and oxygen atoms in total. The van der Waals surface area contributed by atoms with Gasteiger partial charge >= 0.3 is 0 Å². The van der Waals surface area contributed by atoms with Gasteiger partial charge in [-0.2, -0.15) is 0 Å². The van der Waals surface area contributed by atoms with Crippen molar-refractivity contribution < 1.29 is 9.13 Å². The van der Waals surface area contributed by atoms with Crippen LogP contribution in [-0.2, 0) is 26.5 Å². The molecule has 0 atom stereocenters. The Morgan fingerprint density at radius 2 is 1.94 bits per heavy atom. The first-order valence-electron chi connectivity index (χ1n) is 10.7. The zero-order valence-corrected chi connectivity index (χ0v) is 17.5. The van der Waals surface area contributed by atoms with Gasteiger partial charge in [-0.25, -0.2) is 4.39 Å². The van der Waals surface area contributed by atoms with E-state index in [-0.39, 0.29) is 12.2 Å². The van der Waals surface area contributed by atoms with Crippen molar-refractivity contribution in [1.29, 1.82) is 0 Å². The Bertz CT molecular complexity index is 1310. The highest BCUT2D eigenvalue weighted by Gasteiger charge is 2.17. The van der Waals surface area contributed by atoms with Crippen LogP contribution in [0, 0.1) is 5.82 Å². The van der Waals surface area contributed by atoms with Gasteiger partial charge in [0.25, 0.3) is 5.56 Å². The lowest BCUT2D eigenvalue weighted by Crippen LogP contribution is -2.16. The van der Waals surface area contributed by atoms with Crippen LogP contribution < -0.4 is 10.3 Å². The highest BCUT2D eigenvalue weighted by Crippen LogP contribution is 2.31. The number of benzene rings is 1. The summed E-state index contributed by atoms with van der Waals surface area (Å²) in [6, 6.07) is 12.4. The third kappa shape index (κ3) is 3.74. The summed E-state index contributed by atoms with van der Waals surface area (Å²) >= 11 is 0. The number of hydrogen-bond donors (Lipinski definition) is 0. The van der Waals surface area contributed by atoms with Gasteiger partial charge in [-0.3, -0.25) is 14.3 Å². The van der Waals surface area contributed by atoms with Crippen molar-refractivity contribution in [3.05, 3.63) is 88.0 Å². The zero-order valence-electron chi connectivity index (χ0n) is 17.5. The van der Waals surface area contributed by atoms with E-state index in [4.69, 9.17) is 4.74 Å². The molecule has 31 heavy (non-hydrogen) atoms. The molecule has 3 aromatic heterocycles. The molecule has 6 heteroatoms. The number of ether oxygens (including phenoxy) is 1. The molecule has 0 saturated carbocycles. The second-order valence-corrected chi connectivity index (χ2v) is 8.07. The van der Waals surface area contributed by atoms with E-state index in [0.29, 0.717) is 11.4 Å². The predicted octanol–water partition coefficient (Wildman–Crippen LogP) is 4.71. The van der Waals surface area contributed by atoms with Crippen LogP contribution in [0.5, 0.6) is 5.75 Å². The van der Waals surface area contributed by atoms with E-state index in [1.165, 1.54) is 53.6 Å². The number of nitrogens with zero attached hydrogens (tertiary/aromatic N) is 3. The number of pyridine rings is 2. The maximum Gasteiger partial charge on any atom is 0.258 e. The predicted molar refractivity (Wildman–Crippen MR) is 118 cm³/mol. The smallest absolute Gasteiger partial charge is 0.258 e. The maximum absolute atomic E-state index is 13.0. The first-order chi connectivity index (χ1) is 15.1. The first kappa shape index (κ1) is 19.5. The van der Waals surface area contributed by atoms with E-state index in [0.717, 1.165) is 24.7 Å². The number of hydrogen-bond acceptors (Lipinski definition) is 3. The van der Waals surface area contributed by atoms with Crippen LogP contribution >= 0.6 is 0 Å². The molecule has 5 rings (SSSR count). The molecule has 0 saturated heterocycles. The molecule has 0 unspecified atom stereocenters. The summed E-state index contributed by atoms with van der Waals surface area (Å²) in [5.74, 6) is 0.0666. The van der Waals surface area contributed by atoms with Gasteiger partial charge in [0.1, 0.15) is 18.2 Å². The zero-order chi connectivity index (χ0) is 21.4. The van der Waals surface area contributed by atoms with E-state index in [1.54, 1.807) is 22.9 Å². The average molecular weight is 417 g/mol. The highest BCUT2D eigenvalue weighted by atomic mass is 19.1.